The van der Waals surface area contributed by atoms with Gasteiger partial charge < -0.3 is 5.32 Å². The van der Waals surface area contributed by atoms with E-state index in [4.69, 9.17) is 4.98 Å². The zero-order valence-corrected chi connectivity index (χ0v) is 17.5. The van der Waals surface area contributed by atoms with Gasteiger partial charge in [-0.25, -0.2) is 4.98 Å². The van der Waals surface area contributed by atoms with Crippen LogP contribution in [0.5, 0.6) is 0 Å². The minimum absolute atomic E-state index is 0.0493. The molecule has 4 rings (SSSR count). The topological polar surface area (TPSA) is 42.0 Å². The second-order valence-electron chi connectivity index (χ2n) is 7.72. The quantitative estimate of drug-likeness (QED) is 0.415. The van der Waals surface area contributed by atoms with E-state index >= 15 is 0 Å². The number of para-hydroxylation sites is 1. The van der Waals surface area contributed by atoms with Crippen LogP contribution in [0.25, 0.3) is 22.2 Å². The first-order valence-electron chi connectivity index (χ1n) is 10.4. The number of aromatic nitrogens is 1. The molecule has 150 valence electrons. The highest BCUT2D eigenvalue weighted by Gasteiger charge is 2.14. The van der Waals surface area contributed by atoms with Crippen molar-refractivity contribution in [1.29, 1.82) is 0 Å². The standard InChI is InChI=1S/C27H26N2O/c1-19-14-15-22(17-20(19)2)26-18-24(23-12-6-7-13-25(23)29-26)27(30)28-16-8-11-21-9-4-3-5-10-21/h3-7,9-10,12-15,17-18H,8,11,16H2,1-2H3,(H,28,30). The minimum atomic E-state index is -0.0493. The van der Waals surface area contributed by atoms with Crippen LogP contribution in [0, 0.1) is 13.8 Å². The molecule has 3 aromatic carbocycles. The molecule has 1 aromatic heterocycles. The summed E-state index contributed by atoms with van der Waals surface area (Å²) in [6.07, 6.45) is 1.86. The van der Waals surface area contributed by atoms with Gasteiger partial charge in [-0.05, 0) is 61.6 Å². The van der Waals surface area contributed by atoms with E-state index in [1.807, 2.05) is 48.5 Å². The van der Waals surface area contributed by atoms with Gasteiger partial charge in [0.2, 0.25) is 0 Å². The third kappa shape index (κ3) is 4.41. The predicted molar refractivity (Wildman–Crippen MR) is 124 cm³/mol. The number of nitrogens with one attached hydrogen (secondary N) is 1. The number of aryl methyl sites for hydroxylation is 3. The Kier molecular flexibility index (Phi) is 5.89. The van der Waals surface area contributed by atoms with Crippen molar-refractivity contribution in [1.82, 2.24) is 10.3 Å². The lowest BCUT2D eigenvalue weighted by Crippen LogP contribution is -2.25. The van der Waals surface area contributed by atoms with Crippen LogP contribution in [0.1, 0.15) is 33.5 Å². The van der Waals surface area contributed by atoms with Crippen LogP contribution < -0.4 is 5.32 Å². The first kappa shape index (κ1) is 19.8. The minimum Gasteiger partial charge on any atom is -0.352 e. The number of nitrogens with zero attached hydrogens (tertiary/aromatic N) is 1. The van der Waals surface area contributed by atoms with Crippen LogP contribution in [0.4, 0.5) is 0 Å². The molecular formula is C27H26N2O. The number of fused-ring (bicyclic) bond motifs is 1. The van der Waals surface area contributed by atoms with Crippen molar-refractivity contribution < 1.29 is 4.79 Å². The Balaban J connectivity index is 1.57. The summed E-state index contributed by atoms with van der Waals surface area (Å²) in [6, 6.07) is 26.4. The molecule has 0 atom stereocenters. The van der Waals surface area contributed by atoms with Gasteiger partial charge in [-0.1, -0.05) is 60.7 Å². The fourth-order valence-corrected chi connectivity index (χ4v) is 3.65. The van der Waals surface area contributed by atoms with E-state index in [2.05, 4.69) is 49.5 Å². The lowest BCUT2D eigenvalue weighted by molar-refractivity contribution is 0.0955. The van der Waals surface area contributed by atoms with Crippen LogP contribution in [0.2, 0.25) is 0 Å². The molecule has 4 aromatic rings. The van der Waals surface area contributed by atoms with Gasteiger partial charge in [-0.2, -0.15) is 0 Å². The SMILES string of the molecule is Cc1ccc(-c2cc(C(=O)NCCCc3ccccc3)c3ccccc3n2)cc1C. The average Bonchev–Trinajstić information content (AvgIpc) is 2.78. The van der Waals surface area contributed by atoms with Gasteiger partial charge in [0.05, 0.1) is 16.8 Å². The van der Waals surface area contributed by atoms with E-state index < -0.39 is 0 Å². The Bertz CT molecular complexity index is 1180. The van der Waals surface area contributed by atoms with Gasteiger partial charge in [0, 0.05) is 17.5 Å². The average molecular weight is 395 g/mol. The van der Waals surface area contributed by atoms with Crippen molar-refractivity contribution in [3.8, 4) is 11.3 Å². The number of pyridine rings is 1. The van der Waals surface area contributed by atoms with E-state index in [1.165, 1.54) is 16.7 Å². The third-order valence-corrected chi connectivity index (χ3v) is 5.53. The largest absolute Gasteiger partial charge is 0.352 e. The molecule has 0 bridgehead atoms. The fraction of sp³-hybridized carbons (Fsp3) is 0.185. The molecule has 3 heteroatoms. The Labute approximate surface area is 177 Å². The first-order valence-corrected chi connectivity index (χ1v) is 10.4. The summed E-state index contributed by atoms with van der Waals surface area (Å²) in [6.45, 7) is 4.84. The summed E-state index contributed by atoms with van der Waals surface area (Å²) in [4.78, 5) is 17.9. The highest BCUT2D eigenvalue weighted by atomic mass is 16.1. The maximum atomic E-state index is 13.0. The lowest BCUT2D eigenvalue weighted by Gasteiger charge is -2.11. The van der Waals surface area contributed by atoms with Crippen molar-refractivity contribution in [3.63, 3.8) is 0 Å². The van der Waals surface area contributed by atoms with Gasteiger partial charge in [-0.15, -0.1) is 0 Å². The Morgan fingerprint density at radius 3 is 2.43 bits per heavy atom. The number of hydrogen-bond donors (Lipinski definition) is 1. The molecule has 0 unspecified atom stereocenters. The normalized spacial score (nSPS) is 10.9. The molecule has 1 N–H and O–H groups in total. The van der Waals surface area contributed by atoms with Crippen molar-refractivity contribution in [3.05, 3.63) is 101 Å². The summed E-state index contributed by atoms with van der Waals surface area (Å²) >= 11 is 0. The van der Waals surface area contributed by atoms with Crippen LogP contribution >= 0.6 is 0 Å². The third-order valence-electron chi connectivity index (χ3n) is 5.53. The lowest BCUT2D eigenvalue weighted by atomic mass is 10.0. The number of carbonyl (C=O) groups is 1. The molecule has 0 aliphatic heterocycles. The van der Waals surface area contributed by atoms with Gasteiger partial charge >= 0.3 is 0 Å². The van der Waals surface area contributed by atoms with Gasteiger partial charge in [0.1, 0.15) is 0 Å². The molecule has 0 aliphatic rings. The summed E-state index contributed by atoms with van der Waals surface area (Å²) < 4.78 is 0. The summed E-state index contributed by atoms with van der Waals surface area (Å²) in [7, 11) is 0. The number of rotatable bonds is 6. The summed E-state index contributed by atoms with van der Waals surface area (Å²) in [5.74, 6) is -0.0493. The molecule has 0 saturated heterocycles. The van der Waals surface area contributed by atoms with Crippen LogP contribution in [0.15, 0.2) is 78.9 Å². The van der Waals surface area contributed by atoms with Gasteiger partial charge in [-0.3, -0.25) is 4.79 Å². The molecule has 1 heterocycles. The zero-order chi connectivity index (χ0) is 20.9. The second-order valence-corrected chi connectivity index (χ2v) is 7.72. The van der Waals surface area contributed by atoms with E-state index in [9.17, 15) is 4.79 Å². The van der Waals surface area contributed by atoms with E-state index in [0.29, 0.717) is 12.1 Å². The van der Waals surface area contributed by atoms with E-state index in [0.717, 1.165) is 35.0 Å². The van der Waals surface area contributed by atoms with Gasteiger partial charge in [0.25, 0.3) is 5.91 Å². The maximum absolute atomic E-state index is 13.0. The number of benzene rings is 3. The molecule has 0 spiro atoms. The maximum Gasteiger partial charge on any atom is 0.252 e. The van der Waals surface area contributed by atoms with Crippen molar-refractivity contribution >= 4 is 16.8 Å². The molecule has 1 amide bonds. The second kappa shape index (κ2) is 8.91. The molecular weight excluding hydrogens is 368 g/mol. The fourth-order valence-electron chi connectivity index (χ4n) is 3.65. The molecule has 0 radical (unpaired) electrons. The monoisotopic (exact) mass is 394 g/mol. The smallest absolute Gasteiger partial charge is 0.252 e. The molecule has 0 aliphatic carbocycles. The van der Waals surface area contributed by atoms with Gasteiger partial charge in [0.15, 0.2) is 0 Å². The molecule has 0 fully saturated rings. The van der Waals surface area contributed by atoms with Crippen LogP contribution in [-0.4, -0.2) is 17.4 Å². The number of carbonyl (C=O) groups excluding carboxylic acids is 1. The Morgan fingerprint density at radius 2 is 1.63 bits per heavy atom. The summed E-state index contributed by atoms with van der Waals surface area (Å²) in [5.41, 5.74) is 7.12. The number of amides is 1. The highest BCUT2D eigenvalue weighted by molar-refractivity contribution is 6.07. The molecule has 3 nitrogen and oxygen atoms in total. The van der Waals surface area contributed by atoms with Crippen LogP contribution in [0.3, 0.4) is 0 Å². The van der Waals surface area contributed by atoms with E-state index in [-0.39, 0.29) is 5.91 Å². The molecule has 30 heavy (non-hydrogen) atoms. The van der Waals surface area contributed by atoms with E-state index in [1.54, 1.807) is 0 Å². The Morgan fingerprint density at radius 1 is 0.867 bits per heavy atom. The first-order chi connectivity index (χ1) is 14.6. The predicted octanol–water partition coefficient (Wildman–Crippen LogP) is 5.88. The van der Waals surface area contributed by atoms with Crippen LogP contribution in [-0.2, 0) is 6.42 Å². The number of hydrogen-bond acceptors (Lipinski definition) is 2. The van der Waals surface area contributed by atoms with Crippen molar-refractivity contribution in [2.24, 2.45) is 0 Å². The molecule has 0 saturated carbocycles. The summed E-state index contributed by atoms with van der Waals surface area (Å²) in [5, 5.41) is 3.97. The van der Waals surface area contributed by atoms with Crippen molar-refractivity contribution in [2.45, 2.75) is 26.7 Å². The highest BCUT2D eigenvalue weighted by Crippen LogP contribution is 2.26. The Hall–Kier alpha value is -3.46. The zero-order valence-electron chi connectivity index (χ0n) is 17.5. The van der Waals surface area contributed by atoms with Crippen molar-refractivity contribution in [2.75, 3.05) is 6.54 Å².